The smallest absolute Gasteiger partial charge is 0.302 e. The molecular weight excluding hydrogens is 530 g/mol. The molecule has 0 amide bonds. The van der Waals surface area contributed by atoms with Gasteiger partial charge in [0.25, 0.3) is 0 Å². The molecule has 2 aliphatic heterocycles. The van der Waals surface area contributed by atoms with Gasteiger partial charge >= 0.3 is 5.97 Å². The summed E-state index contributed by atoms with van der Waals surface area (Å²) < 4.78 is 20.3. The molecule has 1 saturated heterocycles. The van der Waals surface area contributed by atoms with Crippen molar-refractivity contribution in [3.63, 3.8) is 0 Å². The molecule has 212 valence electrons. The van der Waals surface area contributed by atoms with Gasteiger partial charge in [0.1, 0.15) is 29.8 Å². The number of fused-ring (bicyclic) bond motifs is 2. The van der Waals surface area contributed by atoms with E-state index in [2.05, 4.69) is 33.0 Å². The molecule has 0 bridgehead atoms. The molecule has 11 nitrogen and oxygen atoms in total. The zero-order valence-electron chi connectivity index (χ0n) is 23.0. The first kappa shape index (κ1) is 27.9. The normalized spacial score (nSPS) is 29.2. The molecule has 1 fully saturated rings. The first-order valence-electron chi connectivity index (χ1n) is 13.4. The highest BCUT2D eigenvalue weighted by atomic mass is 32.2. The molecular formula is C28H35N7O4S. The minimum absolute atomic E-state index is 0.0115. The molecule has 0 radical (unpaired) electrons. The van der Waals surface area contributed by atoms with Crippen molar-refractivity contribution in [2.75, 3.05) is 6.61 Å². The summed E-state index contributed by atoms with van der Waals surface area (Å²) >= 11 is 1.58. The highest BCUT2D eigenvalue weighted by Crippen LogP contribution is 2.40. The number of thioether (sulfide) groups is 1. The molecule has 0 aliphatic carbocycles. The molecule has 12 heteroatoms. The SMILES string of the molecule is CCC1C(Sc2cncc(-n3nnc4ccccc43)c2)OC(COC(C)=O)C2O/C(C)=C/C(C)/C(NN)=C/NC12. The van der Waals surface area contributed by atoms with E-state index in [1.165, 1.54) is 6.92 Å². The lowest BCUT2D eigenvalue weighted by molar-refractivity contribution is -0.170. The first-order valence-corrected chi connectivity index (χ1v) is 14.2. The fourth-order valence-corrected chi connectivity index (χ4v) is 6.54. The van der Waals surface area contributed by atoms with Gasteiger partial charge in [-0.05, 0) is 37.6 Å². The average molecular weight is 566 g/mol. The van der Waals surface area contributed by atoms with Crippen LogP contribution in [0.3, 0.4) is 0 Å². The second kappa shape index (κ2) is 12.3. The van der Waals surface area contributed by atoms with Crippen LogP contribution in [-0.4, -0.2) is 56.2 Å². The minimum Gasteiger partial charge on any atom is -0.490 e. The van der Waals surface area contributed by atoms with E-state index in [9.17, 15) is 4.79 Å². The van der Waals surface area contributed by atoms with Crippen LogP contribution in [-0.2, 0) is 19.0 Å². The molecule has 5 rings (SSSR count). The second-order valence-electron chi connectivity index (χ2n) is 9.99. The molecule has 3 aromatic rings. The Hall–Kier alpha value is -3.61. The number of para-hydroxylation sites is 1. The van der Waals surface area contributed by atoms with Crippen molar-refractivity contribution < 1.29 is 19.0 Å². The van der Waals surface area contributed by atoms with Crippen LogP contribution in [0.4, 0.5) is 0 Å². The second-order valence-corrected chi connectivity index (χ2v) is 11.2. The van der Waals surface area contributed by atoms with Crippen LogP contribution < -0.4 is 16.6 Å². The zero-order chi connectivity index (χ0) is 28.2. The van der Waals surface area contributed by atoms with Crippen LogP contribution in [0.5, 0.6) is 0 Å². The number of hydrogen-bond acceptors (Lipinski definition) is 11. The topological polar surface area (TPSA) is 138 Å². The lowest BCUT2D eigenvalue weighted by atomic mass is 9.87. The van der Waals surface area contributed by atoms with E-state index in [0.29, 0.717) is 0 Å². The van der Waals surface area contributed by atoms with Crippen LogP contribution in [0.25, 0.3) is 16.7 Å². The quantitative estimate of drug-likeness (QED) is 0.221. The number of rotatable bonds is 7. The van der Waals surface area contributed by atoms with Crippen LogP contribution >= 0.6 is 11.8 Å². The predicted octanol–water partition coefficient (Wildman–Crippen LogP) is 3.42. The van der Waals surface area contributed by atoms with E-state index < -0.39 is 12.2 Å². The van der Waals surface area contributed by atoms with Gasteiger partial charge in [0.05, 0.1) is 29.2 Å². The molecule has 2 aliphatic rings. The molecule has 6 unspecified atom stereocenters. The van der Waals surface area contributed by atoms with Crippen molar-refractivity contribution in [1.29, 1.82) is 0 Å². The number of hydrogen-bond donors (Lipinski definition) is 3. The van der Waals surface area contributed by atoms with E-state index in [-0.39, 0.29) is 35.9 Å². The number of esters is 1. The van der Waals surface area contributed by atoms with Gasteiger partial charge in [0.2, 0.25) is 0 Å². The number of benzene rings is 1. The Morgan fingerprint density at radius 1 is 1.30 bits per heavy atom. The maximum absolute atomic E-state index is 11.7. The minimum atomic E-state index is -0.503. The summed E-state index contributed by atoms with van der Waals surface area (Å²) in [6.45, 7) is 7.55. The maximum Gasteiger partial charge on any atom is 0.302 e. The van der Waals surface area contributed by atoms with Crippen molar-refractivity contribution in [2.24, 2.45) is 17.7 Å². The Morgan fingerprint density at radius 2 is 2.12 bits per heavy atom. The van der Waals surface area contributed by atoms with Gasteiger partial charge in [0, 0.05) is 41.7 Å². The van der Waals surface area contributed by atoms with Crippen molar-refractivity contribution in [1.82, 2.24) is 30.7 Å². The van der Waals surface area contributed by atoms with Gasteiger partial charge in [0.15, 0.2) is 0 Å². The molecule has 0 spiro atoms. The summed E-state index contributed by atoms with van der Waals surface area (Å²) in [5.74, 6) is 6.27. The van der Waals surface area contributed by atoms with Gasteiger partial charge in [-0.15, -0.1) is 5.10 Å². The highest BCUT2D eigenvalue weighted by molar-refractivity contribution is 7.99. The van der Waals surface area contributed by atoms with E-state index in [4.69, 9.17) is 20.1 Å². The number of ether oxygens (including phenoxy) is 3. The molecule has 40 heavy (non-hydrogen) atoms. The molecule has 4 N–H and O–H groups in total. The van der Waals surface area contributed by atoms with E-state index in [1.54, 1.807) is 22.6 Å². The monoisotopic (exact) mass is 565 g/mol. The van der Waals surface area contributed by atoms with Crippen molar-refractivity contribution in [3.05, 3.63) is 66.5 Å². The number of hydrazine groups is 1. The number of carbonyl (C=O) groups is 1. The Morgan fingerprint density at radius 3 is 2.90 bits per heavy atom. The molecule has 0 saturated carbocycles. The van der Waals surface area contributed by atoms with Crippen LogP contribution in [0.2, 0.25) is 0 Å². The number of pyridine rings is 1. The summed E-state index contributed by atoms with van der Waals surface area (Å²) in [5, 5.41) is 12.2. The Labute approximate surface area is 237 Å². The predicted molar refractivity (Wildman–Crippen MR) is 152 cm³/mol. The number of nitrogens with two attached hydrogens (primary N) is 1. The Balaban J connectivity index is 1.47. The third-order valence-electron chi connectivity index (χ3n) is 7.20. The van der Waals surface area contributed by atoms with Crippen LogP contribution in [0.15, 0.2) is 71.4 Å². The third-order valence-corrected chi connectivity index (χ3v) is 8.39. The maximum atomic E-state index is 11.7. The van der Waals surface area contributed by atoms with Crippen LogP contribution in [0, 0.1) is 11.8 Å². The summed E-state index contributed by atoms with van der Waals surface area (Å²) in [6, 6.07) is 9.68. The number of aromatic nitrogens is 4. The van der Waals surface area contributed by atoms with Gasteiger partial charge < -0.3 is 25.0 Å². The van der Waals surface area contributed by atoms with Crippen molar-refractivity contribution in [3.8, 4) is 5.69 Å². The first-order chi connectivity index (χ1) is 19.4. The van der Waals surface area contributed by atoms with Crippen molar-refractivity contribution >= 4 is 28.8 Å². The van der Waals surface area contributed by atoms with E-state index in [0.717, 1.165) is 39.5 Å². The highest BCUT2D eigenvalue weighted by Gasteiger charge is 2.47. The fraction of sp³-hybridized carbons (Fsp3) is 0.429. The number of allylic oxidation sites excluding steroid dienone is 2. The summed E-state index contributed by atoms with van der Waals surface area (Å²) in [7, 11) is 0. The van der Waals surface area contributed by atoms with E-state index in [1.807, 2.05) is 62.7 Å². The zero-order valence-corrected chi connectivity index (χ0v) is 23.8. The third kappa shape index (κ3) is 5.93. The molecule has 4 heterocycles. The number of nitrogens with zero attached hydrogens (tertiary/aromatic N) is 4. The molecule has 1 aromatic carbocycles. The largest absolute Gasteiger partial charge is 0.490 e. The van der Waals surface area contributed by atoms with Crippen LogP contribution in [0.1, 0.15) is 34.1 Å². The summed E-state index contributed by atoms with van der Waals surface area (Å²) in [4.78, 5) is 17.2. The standard InChI is InChI=1S/C28H35N7O4S/c1-5-21-26-27(38-17(3)10-16(2)23(32-29)14-31-26)25(15-37-18(4)36)39-28(21)40-20-11-19(12-30-13-20)35-24-9-7-6-8-22(24)33-34-35/h6-14,16,21,25-28,31-32H,5,15,29H2,1-4H3/b17-10+,23-14-. The van der Waals surface area contributed by atoms with Crippen molar-refractivity contribution in [2.45, 2.75) is 62.7 Å². The van der Waals surface area contributed by atoms with E-state index >= 15 is 0 Å². The lowest BCUT2D eigenvalue weighted by Crippen LogP contribution is -2.60. The number of carbonyl (C=O) groups excluding carboxylic acids is 1. The molecule has 2 aromatic heterocycles. The summed E-state index contributed by atoms with van der Waals surface area (Å²) in [5.41, 5.74) is 5.87. The molecule has 6 atom stereocenters. The lowest BCUT2D eigenvalue weighted by Gasteiger charge is -2.46. The van der Waals surface area contributed by atoms with Gasteiger partial charge in [-0.25, -0.2) is 4.68 Å². The fourth-order valence-electron chi connectivity index (χ4n) is 5.23. The van der Waals surface area contributed by atoms with Gasteiger partial charge in [-0.3, -0.25) is 15.6 Å². The number of nitrogens with one attached hydrogen (secondary N) is 2. The average Bonchev–Trinajstić information content (AvgIpc) is 3.39. The summed E-state index contributed by atoms with van der Waals surface area (Å²) in [6.07, 6.45) is 7.41. The Bertz CT molecular complexity index is 1410. The Kier molecular flexibility index (Phi) is 8.57. The van der Waals surface area contributed by atoms with Gasteiger partial charge in [-0.2, -0.15) is 0 Å². The van der Waals surface area contributed by atoms with Gasteiger partial charge in [-0.1, -0.05) is 43.0 Å².